The Morgan fingerprint density at radius 2 is 1.92 bits per heavy atom. The Labute approximate surface area is 161 Å². The fraction of sp³-hybridized carbons (Fsp3) is 0.474. The van der Waals surface area contributed by atoms with E-state index in [4.69, 9.17) is 0 Å². The number of thioether (sulfide) groups is 1. The van der Waals surface area contributed by atoms with Gasteiger partial charge in [0.15, 0.2) is 5.96 Å². The highest BCUT2D eigenvalue weighted by Crippen LogP contribution is 2.22. The number of aryl methyl sites for hydroxylation is 1. The average Bonchev–Trinajstić information content (AvgIpc) is 3.04. The monoisotopic (exact) mass is 374 g/mol. The molecular formula is C19H30N6S. The van der Waals surface area contributed by atoms with E-state index in [1.165, 1.54) is 10.5 Å². The molecule has 1 heterocycles. The van der Waals surface area contributed by atoms with E-state index in [2.05, 4.69) is 77.1 Å². The molecule has 0 amide bonds. The van der Waals surface area contributed by atoms with Crippen molar-refractivity contribution in [3.05, 3.63) is 48.3 Å². The van der Waals surface area contributed by atoms with Crippen molar-refractivity contribution in [1.29, 1.82) is 0 Å². The molecule has 2 atom stereocenters. The van der Waals surface area contributed by atoms with E-state index >= 15 is 0 Å². The maximum Gasteiger partial charge on any atom is 0.191 e. The van der Waals surface area contributed by atoms with E-state index in [-0.39, 0.29) is 6.04 Å². The Hall–Kier alpha value is -1.99. The van der Waals surface area contributed by atoms with Crippen LogP contribution in [0.4, 0.5) is 0 Å². The first kappa shape index (κ1) is 20.3. The van der Waals surface area contributed by atoms with Gasteiger partial charge in [0.1, 0.15) is 0 Å². The maximum atomic E-state index is 4.34. The van der Waals surface area contributed by atoms with Crippen LogP contribution < -0.4 is 10.6 Å². The van der Waals surface area contributed by atoms with Gasteiger partial charge < -0.3 is 15.5 Å². The van der Waals surface area contributed by atoms with Crippen LogP contribution in [-0.2, 0) is 7.05 Å². The molecule has 0 fully saturated rings. The molecule has 0 bridgehead atoms. The Morgan fingerprint density at radius 1 is 1.23 bits per heavy atom. The van der Waals surface area contributed by atoms with Crippen LogP contribution in [0.1, 0.15) is 18.5 Å². The van der Waals surface area contributed by atoms with Gasteiger partial charge in [-0.3, -0.25) is 9.67 Å². The lowest BCUT2D eigenvalue weighted by Gasteiger charge is -2.25. The zero-order chi connectivity index (χ0) is 18.9. The van der Waals surface area contributed by atoms with E-state index in [0.29, 0.717) is 5.25 Å². The number of hydrogen-bond acceptors (Lipinski definition) is 4. The highest BCUT2D eigenvalue weighted by Gasteiger charge is 2.16. The SMILES string of the molecule is CN=C(NCC(C)Sc1ccccc1)NCC(c1cnn(C)c1)N(C)C. The van der Waals surface area contributed by atoms with Crippen LogP contribution in [0.15, 0.2) is 52.6 Å². The summed E-state index contributed by atoms with van der Waals surface area (Å²) in [7, 11) is 7.90. The Morgan fingerprint density at radius 3 is 2.50 bits per heavy atom. The van der Waals surface area contributed by atoms with Crippen molar-refractivity contribution in [2.45, 2.75) is 23.1 Å². The molecule has 2 rings (SSSR count). The number of guanidine groups is 1. The summed E-state index contributed by atoms with van der Waals surface area (Å²) >= 11 is 1.86. The summed E-state index contributed by atoms with van der Waals surface area (Å²) in [6, 6.07) is 10.7. The lowest BCUT2D eigenvalue weighted by Crippen LogP contribution is -2.43. The molecule has 6 nitrogen and oxygen atoms in total. The molecule has 0 aliphatic rings. The molecule has 0 aliphatic heterocycles. The highest BCUT2D eigenvalue weighted by molar-refractivity contribution is 8.00. The van der Waals surface area contributed by atoms with Gasteiger partial charge in [-0.25, -0.2) is 0 Å². The number of hydrogen-bond donors (Lipinski definition) is 2. The second-order valence-electron chi connectivity index (χ2n) is 6.50. The molecule has 1 aromatic carbocycles. The van der Waals surface area contributed by atoms with Crippen LogP contribution >= 0.6 is 11.8 Å². The van der Waals surface area contributed by atoms with Gasteiger partial charge in [-0.2, -0.15) is 5.10 Å². The first-order chi connectivity index (χ1) is 12.5. The zero-order valence-electron chi connectivity index (χ0n) is 16.3. The lowest BCUT2D eigenvalue weighted by molar-refractivity contribution is 0.298. The van der Waals surface area contributed by atoms with E-state index < -0.39 is 0 Å². The van der Waals surface area contributed by atoms with Gasteiger partial charge in [-0.15, -0.1) is 11.8 Å². The van der Waals surface area contributed by atoms with Crippen molar-refractivity contribution < 1.29 is 0 Å². The third-order valence-corrected chi connectivity index (χ3v) is 5.17. The molecule has 26 heavy (non-hydrogen) atoms. The number of nitrogens with zero attached hydrogens (tertiary/aromatic N) is 4. The Bertz CT molecular complexity index is 682. The van der Waals surface area contributed by atoms with E-state index in [1.54, 1.807) is 7.05 Å². The standard InChI is InChI=1S/C19H30N6S/c1-15(26-17-9-7-6-8-10-17)11-21-19(20-2)22-13-18(24(3)4)16-12-23-25(5)14-16/h6-10,12,14-15,18H,11,13H2,1-5H3,(H2,20,21,22). The van der Waals surface area contributed by atoms with Crippen LogP contribution in [0.2, 0.25) is 0 Å². The average molecular weight is 375 g/mol. The normalized spacial score (nSPS) is 14.3. The molecule has 0 spiro atoms. The van der Waals surface area contributed by atoms with Crippen LogP contribution in [0.3, 0.4) is 0 Å². The highest BCUT2D eigenvalue weighted by atomic mass is 32.2. The van der Waals surface area contributed by atoms with Gasteiger partial charge in [0.25, 0.3) is 0 Å². The van der Waals surface area contributed by atoms with Crippen LogP contribution in [0, 0.1) is 0 Å². The number of nitrogens with one attached hydrogen (secondary N) is 2. The summed E-state index contributed by atoms with van der Waals surface area (Å²) in [4.78, 5) is 7.81. The molecular weight excluding hydrogens is 344 g/mol. The smallest absolute Gasteiger partial charge is 0.191 e. The minimum atomic E-state index is 0.235. The first-order valence-electron chi connectivity index (χ1n) is 8.80. The minimum Gasteiger partial charge on any atom is -0.355 e. The number of rotatable bonds is 8. The Balaban J connectivity index is 1.82. The summed E-state index contributed by atoms with van der Waals surface area (Å²) < 4.78 is 1.83. The molecule has 0 saturated carbocycles. The van der Waals surface area contributed by atoms with Gasteiger partial charge in [0, 0.05) is 49.1 Å². The molecule has 2 unspecified atom stereocenters. The Kier molecular flexibility index (Phi) is 8.00. The van der Waals surface area contributed by atoms with Crippen molar-refractivity contribution in [1.82, 2.24) is 25.3 Å². The largest absolute Gasteiger partial charge is 0.355 e. The van der Waals surface area contributed by atoms with Crippen LogP contribution in [0.5, 0.6) is 0 Å². The third-order valence-electron chi connectivity index (χ3n) is 4.06. The first-order valence-corrected chi connectivity index (χ1v) is 9.68. The number of benzene rings is 1. The van der Waals surface area contributed by atoms with Gasteiger partial charge in [-0.05, 0) is 26.2 Å². The van der Waals surface area contributed by atoms with Gasteiger partial charge in [0.2, 0.25) is 0 Å². The topological polar surface area (TPSA) is 57.5 Å². The molecule has 142 valence electrons. The predicted molar refractivity (Wildman–Crippen MR) is 111 cm³/mol. The number of aromatic nitrogens is 2. The fourth-order valence-electron chi connectivity index (χ4n) is 2.64. The van der Waals surface area contributed by atoms with E-state index in [0.717, 1.165) is 19.0 Å². The van der Waals surface area contributed by atoms with E-state index in [9.17, 15) is 0 Å². The fourth-order valence-corrected chi connectivity index (χ4v) is 3.58. The zero-order valence-corrected chi connectivity index (χ0v) is 17.1. The molecule has 0 radical (unpaired) electrons. The van der Waals surface area contributed by atoms with Crippen molar-refractivity contribution in [2.24, 2.45) is 12.0 Å². The summed E-state index contributed by atoms with van der Waals surface area (Å²) in [5.74, 6) is 0.821. The molecule has 2 aromatic rings. The van der Waals surface area contributed by atoms with Crippen molar-refractivity contribution in [3.63, 3.8) is 0 Å². The van der Waals surface area contributed by atoms with Crippen LogP contribution in [0.25, 0.3) is 0 Å². The molecule has 0 aliphatic carbocycles. The molecule has 2 N–H and O–H groups in total. The summed E-state index contributed by atoms with van der Waals surface area (Å²) in [5.41, 5.74) is 1.19. The van der Waals surface area contributed by atoms with Crippen molar-refractivity contribution in [3.8, 4) is 0 Å². The number of likely N-dealkylation sites (N-methyl/N-ethyl adjacent to an activating group) is 1. The van der Waals surface area contributed by atoms with E-state index in [1.807, 2.05) is 35.8 Å². The summed E-state index contributed by atoms with van der Waals surface area (Å²) in [6.45, 7) is 3.83. The second-order valence-corrected chi connectivity index (χ2v) is 8.01. The third kappa shape index (κ3) is 6.38. The van der Waals surface area contributed by atoms with Crippen molar-refractivity contribution in [2.75, 3.05) is 34.2 Å². The summed E-state index contributed by atoms with van der Waals surface area (Å²) in [5, 5.41) is 11.6. The van der Waals surface area contributed by atoms with Gasteiger partial charge in [-0.1, -0.05) is 25.1 Å². The minimum absolute atomic E-state index is 0.235. The van der Waals surface area contributed by atoms with Gasteiger partial charge in [0.05, 0.1) is 12.2 Å². The maximum absolute atomic E-state index is 4.34. The van der Waals surface area contributed by atoms with Crippen LogP contribution in [-0.4, -0.2) is 60.1 Å². The quantitative estimate of drug-likeness (QED) is 0.422. The predicted octanol–water partition coefficient (Wildman–Crippen LogP) is 2.37. The summed E-state index contributed by atoms with van der Waals surface area (Å²) in [6.07, 6.45) is 3.97. The van der Waals surface area contributed by atoms with Crippen molar-refractivity contribution >= 4 is 17.7 Å². The second kappa shape index (κ2) is 10.2. The van der Waals surface area contributed by atoms with Gasteiger partial charge >= 0.3 is 0 Å². The molecule has 0 saturated heterocycles. The molecule has 1 aromatic heterocycles. The molecule has 7 heteroatoms. The lowest BCUT2D eigenvalue weighted by atomic mass is 10.1. The number of aliphatic imine (C=N–C) groups is 1.